The third kappa shape index (κ3) is 2.04. The van der Waals surface area contributed by atoms with E-state index in [1.165, 1.54) is 0 Å². The van der Waals surface area contributed by atoms with Crippen molar-refractivity contribution in [2.24, 2.45) is 11.5 Å². The van der Waals surface area contributed by atoms with Crippen molar-refractivity contribution in [2.45, 2.75) is 12.1 Å². The molecule has 0 aliphatic carbocycles. The van der Waals surface area contributed by atoms with Gasteiger partial charge in [0.25, 0.3) is 0 Å². The number of rotatable bonds is 3. The monoisotopic (exact) mass is 166 g/mol. The molecule has 0 spiro atoms. The van der Waals surface area contributed by atoms with Gasteiger partial charge < -0.3 is 16.6 Å². The zero-order chi connectivity index (χ0) is 8.97. The molecule has 0 radical (unpaired) electrons. The smallest absolute Gasteiger partial charge is 0.0854 e. The van der Waals surface area contributed by atoms with Gasteiger partial charge in [-0.15, -0.1) is 0 Å². The molecule has 0 bridgehead atoms. The van der Waals surface area contributed by atoms with Crippen LogP contribution in [0.25, 0.3) is 0 Å². The van der Waals surface area contributed by atoms with Crippen LogP contribution >= 0.6 is 0 Å². The number of aliphatic hydroxyl groups excluding tert-OH is 1. The highest BCUT2D eigenvalue weighted by Crippen LogP contribution is 2.12. The topological polar surface area (TPSA) is 72.3 Å². The summed E-state index contributed by atoms with van der Waals surface area (Å²) in [4.78, 5) is 0. The van der Waals surface area contributed by atoms with Gasteiger partial charge in [-0.2, -0.15) is 0 Å². The summed E-state index contributed by atoms with van der Waals surface area (Å²) < 4.78 is 0. The molecular formula is C9H14N2O. The van der Waals surface area contributed by atoms with Crippen LogP contribution in [0.5, 0.6) is 0 Å². The van der Waals surface area contributed by atoms with Crippen LogP contribution in [-0.2, 0) is 0 Å². The van der Waals surface area contributed by atoms with Gasteiger partial charge in [0, 0.05) is 6.54 Å². The fourth-order valence-corrected chi connectivity index (χ4v) is 1.04. The molecule has 2 atom stereocenters. The molecule has 0 fully saturated rings. The molecule has 0 saturated carbocycles. The van der Waals surface area contributed by atoms with E-state index in [4.69, 9.17) is 11.5 Å². The van der Waals surface area contributed by atoms with E-state index in [1.54, 1.807) is 0 Å². The van der Waals surface area contributed by atoms with E-state index in [9.17, 15) is 5.11 Å². The maximum absolute atomic E-state index is 9.33. The lowest BCUT2D eigenvalue weighted by Crippen LogP contribution is -2.32. The van der Waals surface area contributed by atoms with Crippen molar-refractivity contribution in [3.05, 3.63) is 35.9 Å². The maximum Gasteiger partial charge on any atom is 0.0854 e. The second-order valence-electron chi connectivity index (χ2n) is 2.74. The average Bonchev–Trinajstić information content (AvgIpc) is 2.17. The Balaban J connectivity index is 2.71. The molecular weight excluding hydrogens is 152 g/mol. The molecule has 0 amide bonds. The van der Waals surface area contributed by atoms with Gasteiger partial charge >= 0.3 is 0 Å². The third-order valence-corrected chi connectivity index (χ3v) is 1.84. The minimum atomic E-state index is -0.660. The summed E-state index contributed by atoms with van der Waals surface area (Å²) in [6.45, 7) is 0.191. The summed E-state index contributed by atoms with van der Waals surface area (Å²) in [7, 11) is 0. The highest BCUT2D eigenvalue weighted by atomic mass is 16.3. The Bertz CT molecular complexity index is 225. The van der Waals surface area contributed by atoms with E-state index in [-0.39, 0.29) is 12.6 Å². The van der Waals surface area contributed by atoms with Gasteiger partial charge in [-0.25, -0.2) is 0 Å². The summed E-state index contributed by atoms with van der Waals surface area (Å²) in [6.07, 6.45) is -0.660. The molecule has 66 valence electrons. The minimum absolute atomic E-state index is 0.191. The van der Waals surface area contributed by atoms with Crippen molar-refractivity contribution in [3.63, 3.8) is 0 Å². The quantitative estimate of drug-likeness (QED) is 0.592. The fourth-order valence-electron chi connectivity index (χ4n) is 1.04. The van der Waals surface area contributed by atoms with Gasteiger partial charge in [-0.3, -0.25) is 0 Å². The molecule has 2 unspecified atom stereocenters. The first-order valence-electron chi connectivity index (χ1n) is 3.94. The summed E-state index contributed by atoms with van der Waals surface area (Å²) in [5.74, 6) is 0. The molecule has 3 nitrogen and oxygen atoms in total. The Morgan fingerprint density at radius 2 is 1.83 bits per heavy atom. The van der Waals surface area contributed by atoms with Crippen molar-refractivity contribution in [3.8, 4) is 0 Å². The Morgan fingerprint density at radius 3 is 2.33 bits per heavy atom. The van der Waals surface area contributed by atoms with Crippen molar-refractivity contribution < 1.29 is 5.11 Å². The summed E-state index contributed by atoms with van der Waals surface area (Å²) in [5.41, 5.74) is 11.9. The lowest BCUT2D eigenvalue weighted by atomic mass is 10.0. The van der Waals surface area contributed by atoms with Crippen LogP contribution in [0, 0.1) is 0 Å². The SMILES string of the molecule is NCC(O)C(N)c1ccccc1. The lowest BCUT2D eigenvalue weighted by Gasteiger charge is -2.16. The second-order valence-corrected chi connectivity index (χ2v) is 2.74. The van der Waals surface area contributed by atoms with Gasteiger partial charge in [0.2, 0.25) is 0 Å². The van der Waals surface area contributed by atoms with Crippen LogP contribution in [0.3, 0.4) is 0 Å². The van der Waals surface area contributed by atoms with Crippen LogP contribution in [0.1, 0.15) is 11.6 Å². The molecule has 3 heteroatoms. The summed E-state index contributed by atoms with van der Waals surface area (Å²) in [6, 6.07) is 9.06. The van der Waals surface area contributed by atoms with Gasteiger partial charge in [0.05, 0.1) is 12.1 Å². The molecule has 0 heterocycles. The van der Waals surface area contributed by atoms with E-state index >= 15 is 0 Å². The standard InChI is InChI=1S/C9H14N2O/c10-6-8(12)9(11)7-4-2-1-3-5-7/h1-5,8-9,12H,6,10-11H2. The van der Waals surface area contributed by atoms with Crippen molar-refractivity contribution >= 4 is 0 Å². The molecule has 0 aromatic heterocycles. The van der Waals surface area contributed by atoms with E-state index in [0.29, 0.717) is 0 Å². The van der Waals surface area contributed by atoms with E-state index in [0.717, 1.165) is 5.56 Å². The lowest BCUT2D eigenvalue weighted by molar-refractivity contribution is 0.153. The highest BCUT2D eigenvalue weighted by Gasteiger charge is 2.13. The van der Waals surface area contributed by atoms with Crippen LogP contribution in [0.2, 0.25) is 0 Å². The van der Waals surface area contributed by atoms with E-state index < -0.39 is 6.10 Å². The first-order chi connectivity index (χ1) is 5.75. The maximum atomic E-state index is 9.33. The summed E-state index contributed by atoms with van der Waals surface area (Å²) >= 11 is 0. The van der Waals surface area contributed by atoms with Crippen LogP contribution in [-0.4, -0.2) is 17.8 Å². The Labute approximate surface area is 72.0 Å². The highest BCUT2D eigenvalue weighted by molar-refractivity contribution is 5.19. The molecule has 1 aromatic carbocycles. The van der Waals surface area contributed by atoms with Crippen molar-refractivity contribution in [1.29, 1.82) is 0 Å². The predicted octanol–water partition coefficient (Wildman–Crippen LogP) is 0.00600. The summed E-state index contributed by atoms with van der Waals surface area (Å²) in [5, 5.41) is 9.33. The number of benzene rings is 1. The van der Waals surface area contributed by atoms with E-state index in [2.05, 4.69) is 0 Å². The molecule has 1 rings (SSSR count). The third-order valence-electron chi connectivity index (χ3n) is 1.84. The average molecular weight is 166 g/mol. The first-order valence-corrected chi connectivity index (χ1v) is 3.94. The van der Waals surface area contributed by atoms with Gasteiger partial charge in [-0.1, -0.05) is 30.3 Å². The van der Waals surface area contributed by atoms with Gasteiger partial charge in [0.1, 0.15) is 0 Å². The molecule has 1 aromatic rings. The van der Waals surface area contributed by atoms with Crippen molar-refractivity contribution in [2.75, 3.05) is 6.54 Å². The van der Waals surface area contributed by atoms with Crippen LogP contribution in [0.4, 0.5) is 0 Å². The molecule has 0 saturated heterocycles. The minimum Gasteiger partial charge on any atom is -0.390 e. The molecule has 12 heavy (non-hydrogen) atoms. The number of aliphatic hydroxyl groups is 1. The molecule has 5 N–H and O–H groups in total. The van der Waals surface area contributed by atoms with Crippen molar-refractivity contribution in [1.82, 2.24) is 0 Å². The Hall–Kier alpha value is -0.900. The second kappa shape index (κ2) is 4.21. The Morgan fingerprint density at radius 1 is 1.25 bits per heavy atom. The number of nitrogens with two attached hydrogens (primary N) is 2. The van der Waals surface area contributed by atoms with Gasteiger partial charge in [0.15, 0.2) is 0 Å². The first kappa shape index (κ1) is 9.19. The van der Waals surface area contributed by atoms with Crippen LogP contribution < -0.4 is 11.5 Å². The Kier molecular flexibility index (Phi) is 3.22. The molecule has 0 aliphatic rings. The predicted molar refractivity (Wildman–Crippen MR) is 48.4 cm³/mol. The number of hydrogen-bond donors (Lipinski definition) is 3. The zero-order valence-electron chi connectivity index (χ0n) is 6.85. The largest absolute Gasteiger partial charge is 0.390 e. The van der Waals surface area contributed by atoms with Crippen LogP contribution in [0.15, 0.2) is 30.3 Å². The normalized spacial score (nSPS) is 15.6. The molecule has 0 aliphatic heterocycles. The van der Waals surface area contributed by atoms with Gasteiger partial charge in [-0.05, 0) is 5.56 Å². The number of hydrogen-bond acceptors (Lipinski definition) is 3. The van der Waals surface area contributed by atoms with E-state index in [1.807, 2.05) is 30.3 Å². The zero-order valence-corrected chi connectivity index (χ0v) is 6.85. The fraction of sp³-hybridized carbons (Fsp3) is 0.333.